The molecular weight excluding hydrogens is 702 g/mol. The predicted octanol–water partition coefficient (Wildman–Crippen LogP) is 12.7. The fourth-order valence-corrected chi connectivity index (χ4v) is 9.47. The van der Waals surface area contributed by atoms with E-state index in [1.54, 1.807) is 0 Å². The molecule has 0 aromatic rings. The summed E-state index contributed by atoms with van der Waals surface area (Å²) in [7, 11) is 6.29. The summed E-state index contributed by atoms with van der Waals surface area (Å²) in [6.45, 7) is 34.9. The summed E-state index contributed by atoms with van der Waals surface area (Å²) in [4.78, 5) is 11.8. The Morgan fingerprint density at radius 2 is 0.830 bits per heavy atom. The quantitative estimate of drug-likeness (QED) is 0.0838. The van der Waals surface area contributed by atoms with Crippen LogP contribution in [0.3, 0.4) is 0 Å². The van der Waals surface area contributed by atoms with Crippen LogP contribution in [0.1, 0.15) is 120 Å². The first-order valence-electron chi connectivity index (χ1n) is 19.1. The first kappa shape index (κ1) is 45.8. The van der Waals surface area contributed by atoms with E-state index in [9.17, 15) is 0 Å². The molecule has 0 amide bonds. The van der Waals surface area contributed by atoms with Crippen LogP contribution in [-0.2, 0) is 21.5 Å². The van der Waals surface area contributed by atoms with Crippen LogP contribution in [0, 0.1) is 47.3 Å². The van der Waals surface area contributed by atoms with Gasteiger partial charge in [0, 0.05) is 13.2 Å². The SMILES string of the molecule is CC(C)C1CCCC(C(C)C)C1N=C(CCCO[Si](C)(C)C)C(CCCO[Si](C)(C)C)=NC1C(C(C)C)CCCC1C(C)C.[Cl][Ni][Cl]. The van der Waals surface area contributed by atoms with Gasteiger partial charge in [-0.15, -0.1) is 0 Å². The second-order valence-electron chi connectivity index (χ2n) is 17.8. The topological polar surface area (TPSA) is 43.2 Å². The van der Waals surface area contributed by atoms with Crippen molar-refractivity contribution in [2.75, 3.05) is 13.2 Å². The van der Waals surface area contributed by atoms with Crippen LogP contribution in [0.25, 0.3) is 0 Å². The zero-order valence-corrected chi connectivity index (χ0v) is 37.5. The van der Waals surface area contributed by atoms with E-state index in [2.05, 4.69) is 94.7 Å². The van der Waals surface area contributed by atoms with E-state index < -0.39 is 16.6 Å². The molecule has 2 rings (SSSR count). The number of halogens is 2. The zero-order chi connectivity index (χ0) is 35.9. The molecule has 0 radical (unpaired) electrons. The molecule has 0 N–H and O–H groups in total. The van der Waals surface area contributed by atoms with Gasteiger partial charge in [0.2, 0.25) is 0 Å². The monoisotopic (exact) mass is 776 g/mol. The molecule has 2 aliphatic rings. The first-order chi connectivity index (χ1) is 21.8. The summed E-state index contributed by atoms with van der Waals surface area (Å²) in [5.74, 6) is 5.24. The van der Waals surface area contributed by atoms with E-state index in [0.717, 1.165) is 38.9 Å². The van der Waals surface area contributed by atoms with Crippen molar-refractivity contribution < 1.29 is 21.5 Å². The average molecular weight is 779 g/mol. The second kappa shape index (κ2) is 22.6. The maximum atomic E-state index is 6.38. The van der Waals surface area contributed by atoms with Crippen molar-refractivity contribution in [3.05, 3.63) is 0 Å². The molecule has 4 unspecified atom stereocenters. The van der Waals surface area contributed by atoms with Gasteiger partial charge in [-0.1, -0.05) is 68.2 Å². The van der Waals surface area contributed by atoms with Gasteiger partial charge in [0.25, 0.3) is 0 Å². The van der Waals surface area contributed by atoms with Crippen molar-refractivity contribution in [2.24, 2.45) is 57.3 Å². The Labute approximate surface area is 309 Å². The minimum absolute atomic E-state index is 0.397. The second-order valence-corrected chi connectivity index (χ2v) is 28.5. The Balaban J connectivity index is 0.00000354. The number of hydrogen-bond acceptors (Lipinski definition) is 4. The number of hydrogen-bond donors (Lipinski definition) is 0. The molecule has 0 spiro atoms. The van der Waals surface area contributed by atoms with Crippen LogP contribution in [0.5, 0.6) is 0 Å². The predicted molar refractivity (Wildman–Crippen MR) is 212 cm³/mol. The van der Waals surface area contributed by atoms with Crippen molar-refractivity contribution in [1.29, 1.82) is 0 Å². The van der Waals surface area contributed by atoms with Crippen molar-refractivity contribution in [3.63, 3.8) is 0 Å². The fourth-order valence-electron chi connectivity index (χ4n) is 7.95. The molecule has 2 saturated carbocycles. The normalized spacial score (nSPS) is 26.8. The van der Waals surface area contributed by atoms with E-state index in [-0.39, 0.29) is 0 Å². The summed E-state index contributed by atoms with van der Waals surface area (Å²) < 4.78 is 12.8. The van der Waals surface area contributed by atoms with E-state index in [1.165, 1.54) is 49.9 Å². The van der Waals surface area contributed by atoms with Crippen molar-refractivity contribution in [3.8, 4) is 0 Å². The van der Waals surface area contributed by atoms with Crippen molar-refractivity contribution in [1.82, 2.24) is 0 Å². The van der Waals surface area contributed by atoms with Gasteiger partial charge >= 0.3 is 33.0 Å². The number of aliphatic imine (C=N–C) groups is 2. The van der Waals surface area contributed by atoms with Gasteiger partial charge in [-0.05, 0) is 138 Å². The molecule has 2 fully saturated rings. The van der Waals surface area contributed by atoms with E-state index in [4.69, 9.17) is 39.2 Å². The molecule has 282 valence electrons. The summed E-state index contributed by atoms with van der Waals surface area (Å²) >= 11 is 0.569. The molecule has 0 saturated heterocycles. The summed E-state index contributed by atoms with van der Waals surface area (Å²) in [6.07, 6.45) is 12.0. The molecule has 0 heterocycles. The number of nitrogens with zero attached hydrogens (tertiary/aromatic N) is 2. The standard InChI is InChI=1S/C38H76N2O2Si2.2ClH.Ni/c1-27(2)31-19-15-20-32(28(3)4)37(31)39-35(23-17-25-41-43(9,10)11)36(24-18-26-42-44(12,13)14)40-38-33(29(5)6)21-16-22-34(38)30(7)8;;;/h27-34,37-38H,15-26H2,1-14H3;2*1H;/q;;;+2/p-2. The van der Waals surface area contributed by atoms with E-state index in [0.29, 0.717) is 72.1 Å². The molecular formula is C38H76Cl2N2NiO2Si2. The third-order valence-electron chi connectivity index (χ3n) is 10.5. The molecule has 47 heavy (non-hydrogen) atoms. The van der Waals surface area contributed by atoms with Crippen LogP contribution < -0.4 is 0 Å². The number of rotatable bonds is 17. The van der Waals surface area contributed by atoms with Gasteiger partial charge < -0.3 is 8.85 Å². The third kappa shape index (κ3) is 17.7. The maximum absolute atomic E-state index is 6.38. The van der Waals surface area contributed by atoms with Crippen LogP contribution in [0.15, 0.2) is 9.98 Å². The Bertz CT molecular complexity index is 814. The molecule has 9 heteroatoms. The molecule has 4 nitrogen and oxygen atoms in total. The minimum atomic E-state index is -1.56. The Hall–Kier alpha value is 0.767. The summed E-state index contributed by atoms with van der Waals surface area (Å²) in [5, 5.41) is 0. The Kier molecular flexibility index (Phi) is 22.1. The van der Waals surface area contributed by atoms with Crippen LogP contribution in [0.4, 0.5) is 0 Å². The van der Waals surface area contributed by atoms with Crippen molar-refractivity contribution >= 4 is 48.4 Å². The molecule has 4 atom stereocenters. The molecule has 0 aromatic heterocycles. The van der Waals surface area contributed by atoms with Gasteiger partial charge in [-0.3, -0.25) is 9.98 Å². The summed E-state index contributed by atoms with van der Waals surface area (Å²) in [5.41, 5.74) is 2.63. The van der Waals surface area contributed by atoms with Crippen LogP contribution >= 0.6 is 20.4 Å². The van der Waals surface area contributed by atoms with Crippen LogP contribution in [-0.4, -0.2) is 53.4 Å². The Morgan fingerprint density at radius 3 is 1.04 bits per heavy atom. The molecule has 0 aromatic carbocycles. The first-order valence-corrected chi connectivity index (χ1v) is 28.6. The zero-order valence-electron chi connectivity index (χ0n) is 33.0. The molecule has 2 aliphatic carbocycles. The average Bonchev–Trinajstić information content (AvgIpc) is 2.95. The van der Waals surface area contributed by atoms with Gasteiger partial charge in [-0.2, -0.15) is 0 Å². The van der Waals surface area contributed by atoms with Gasteiger partial charge in [0.15, 0.2) is 16.6 Å². The fraction of sp³-hybridized carbons (Fsp3) is 0.947. The van der Waals surface area contributed by atoms with E-state index >= 15 is 0 Å². The van der Waals surface area contributed by atoms with Gasteiger partial charge in [0.05, 0.1) is 23.5 Å². The molecule has 0 bridgehead atoms. The Morgan fingerprint density at radius 1 is 0.574 bits per heavy atom. The molecule has 0 aliphatic heterocycles. The van der Waals surface area contributed by atoms with Gasteiger partial charge in [0.1, 0.15) is 0 Å². The van der Waals surface area contributed by atoms with Crippen LogP contribution in [0.2, 0.25) is 39.3 Å². The van der Waals surface area contributed by atoms with E-state index in [1.807, 2.05) is 0 Å². The van der Waals surface area contributed by atoms with Gasteiger partial charge in [-0.25, -0.2) is 0 Å². The summed E-state index contributed by atoms with van der Waals surface area (Å²) in [6, 6.07) is 0.793. The van der Waals surface area contributed by atoms with Crippen molar-refractivity contribution in [2.45, 2.75) is 171 Å². The third-order valence-corrected chi connectivity index (χ3v) is 12.6.